The van der Waals surface area contributed by atoms with E-state index >= 15 is 0 Å². The number of carboxylic acids is 1. The van der Waals surface area contributed by atoms with E-state index in [4.69, 9.17) is 4.42 Å². The monoisotopic (exact) mass is 294 g/mol. The number of hydrogen-bond acceptors (Lipinski definition) is 3. The molecule has 2 amide bonds. The maximum atomic E-state index is 12.0. The molecule has 0 bridgehead atoms. The molecule has 6 nitrogen and oxygen atoms in total. The average Bonchev–Trinajstić information content (AvgIpc) is 2.86. The zero-order chi connectivity index (χ0) is 15.2. The molecule has 1 aliphatic rings. The Bertz CT molecular complexity index is 472. The van der Waals surface area contributed by atoms with E-state index in [0.717, 1.165) is 19.3 Å². The third-order valence-corrected chi connectivity index (χ3v) is 3.97. The van der Waals surface area contributed by atoms with E-state index in [0.29, 0.717) is 18.6 Å². The van der Waals surface area contributed by atoms with Crippen LogP contribution in [0.3, 0.4) is 0 Å². The fourth-order valence-electron chi connectivity index (χ4n) is 2.79. The minimum Gasteiger partial charge on any atom is -0.481 e. The summed E-state index contributed by atoms with van der Waals surface area (Å²) >= 11 is 0. The van der Waals surface area contributed by atoms with Gasteiger partial charge in [-0.25, -0.2) is 4.79 Å². The number of aliphatic carboxylic acids is 1. The summed E-state index contributed by atoms with van der Waals surface area (Å²) in [4.78, 5) is 23.4. The molecule has 1 aromatic rings. The quantitative estimate of drug-likeness (QED) is 0.744. The summed E-state index contributed by atoms with van der Waals surface area (Å²) in [7, 11) is 0. The van der Waals surface area contributed by atoms with Gasteiger partial charge in [0.05, 0.1) is 18.2 Å². The van der Waals surface area contributed by atoms with Crippen LogP contribution in [-0.4, -0.2) is 23.1 Å². The number of furan rings is 1. The molecule has 3 unspecified atom stereocenters. The van der Waals surface area contributed by atoms with Crippen LogP contribution in [-0.2, 0) is 4.79 Å². The van der Waals surface area contributed by atoms with Gasteiger partial charge in [-0.2, -0.15) is 0 Å². The molecular formula is C15H22N2O4. The highest BCUT2D eigenvalue weighted by Gasteiger charge is 2.30. The highest BCUT2D eigenvalue weighted by Crippen LogP contribution is 2.24. The summed E-state index contributed by atoms with van der Waals surface area (Å²) in [5.41, 5.74) is 0. The second kappa shape index (κ2) is 7.15. The third kappa shape index (κ3) is 4.24. The molecule has 1 heterocycles. The number of rotatable bonds is 4. The van der Waals surface area contributed by atoms with Crippen LogP contribution < -0.4 is 10.6 Å². The molecule has 1 fully saturated rings. The predicted molar refractivity (Wildman–Crippen MR) is 76.8 cm³/mol. The molecule has 3 atom stereocenters. The van der Waals surface area contributed by atoms with E-state index in [9.17, 15) is 14.7 Å². The molecule has 0 radical (unpaired) electrons. The lowest BCUT2D eigenvalue weighted by atomic mass is 9.95. The van der Waals surface area contributed by atoms with Crippen LogP contribution in [0.15, 0.2) is 22.8 Å². The Morgan fingerprint density at radius 3 is 2.76 bits per heavy atom. The molecule has 0 aliphatic heterocycles. The van der Waals surface area contributed by atoms with Gasteiger partial charge in [0, 0.05) is 6.04 Å². The van der Waals surface area contributed by atoms with Crippen molar-refractivity contribution in [3.8, 4) is 0 Å². The minimum absolute atomic E-state index is 0.256. The van der Waals surface area contributed by atoms with E-state index in [-0.39, 0.29) is 18.1 Å². The smallest absolute Gasteiger partial charge is 0.315 e. The van der Waals surface area contributed by atoms with Gasteiger partial charge in [0.1, 0.15) is 5.76 Å². The van der Waals surface area contributed by atoms with Gasteiger partial charge in [-0.05, 0) is 31.9 Å². The number of carboxylic acid groups (broad SMARTS) is 1. The van der Waals surface area contributed by atoms with E-state index < -0.39 is 11.9 Å². The van der Waals surface area contributed by atoms with Crippen LogP contribution in [0.2, 0.25) is 0 Å². The van der Waals surface area contributed by atoms with Gasteiger partial charge in [-0.1, -0.05) is 19.3 Å². The third-order valence-electron chi connectivity index (χ3n) is 3.97. The molecule has 21 heavy (non-hydrogen) atoms. The second-order valence-corrected chi connectivity index (χ2v) is 5.54. The Morgan fingerprint density at radius 2 is 2.10 bits per heavy atom. The molecule has 116 valence electrons. The zero-order valence-corrected chi connectivity index (χ0v) is 12.2. The predicted octanol–water partition coefficient (Wildman–Crippen LogP) is 2.67. The topological polar surface area (TPSA) is 91.6 Å². The molecule has 6 heteroatoms. The van der Waals surface area contributed by atoms with Crippen molar-refractivity contribution in [1.29, 1.82) is 0 Å². The van der Waals surface area contributed by atoms with Crippen molar-refractivity contribution < 1.29 is 19.1 Å². The van der Waals surface area contributed by atoms with E-state index in [1.807, 2.05) is 6.92 Å². The summed E-state index contributed by atoms with van der Waals surface area (Å²) < 4.78 is 5.23. The van der Waals surface area contributed by atoms with Crippen molar-refractivity contribution in [2.24, 2.45) is 5.92 Å². The van der Waals surface area contributed by atoms with Crippen molar-refractivity contribution in [1.82, 2.24) is 10.6 Å². The number of nitrogens with one attached hydrogen (secondary N) is 2. The van der Waals surface area contributed by atoms with Crippen molar-refractivity contribution in [2.45, 2.75) is 51.1 Å². The number of hydrogen-bond donors (Lipinski definition) is 3. The lowest BCUT2D eigenvalue weighted by Crippen LogP contribution is -2.47. The van der Waals surface area contributed by atoms with Gasteiger partial charge in [0.25, 0.3) is 0 Å². The molecule has 0 spiro atoms. The maximum absolute atomic E-state index is 12.0. The van der Waals surface area contributed by atoms with Gasteiger partial charge >= 0.3 is 12.0 Å². The standard InChI is InChI=1S/C15H22N2O4/c1-10(13-8-5-9-21-13)16-15(20)17-12-7-4-2-3-6-11(12)14(18)19/h5,8-12H,2-4,6-7H2,1H3,(H,18,19)(H2,16,17,20). The first kappa shape index (κ1) is 15.4. The zero-order valence-electron chi connectivity index (χ0n) is 12.2. The number of carbonyl (C=O) groups is 2. The van der Waals surface area contributed by atoms with E-state index in [2.05, 4.69) is 10.6 Å². The van der Waals surface area contributed by atoms with Crippen molar-refractivity contribution in [3.05, 3.63) is 24.2 Å². The molecular weight excluding hydrogens is 272 g/mol. The molecule has 1 aliphatic carbocycles. The SMILES string of the molecule is CC(NC(=O)NC1CCCCCC1C(=O)O)c1ccco1. The Hall–Kier alpha value is -1.98. The van der Waals surface area contributed by atoms with Crippen molar-refractivity contribution in [2.75, 3.05) is 0 Å². The summed E-state index contributed by atoms with van der Waals surface area (Å²) in [6.45, 7) is 1.82. The molecule has 1 saturated carbocycles. The Balaban J connectivity index is 1.91. The first-order valence-corrected chi connectivity index (χ1v) is 7.41. The van der Waals surface area contributed by atoms with Crippen LogP contribution in [0.5, 0.6) is 0 Å². The van der Waals surface area contributed by atoms with Crippen molar-refractivity contribution >= 4 is 12.0 Å². The fraction of sp³-hybridized carbons (Fsp3) is 0.600. The van der Waals surface area contributed by atoms with Crippen LogP contribution in [0, 0.1) is 5.92 Å². The fourth-order valence-corrected chi connectivity index (χ4v) is 2.79. The van der Waals surface area contributed by atoms with Crippen LogP contribution >= 0.6 is 0 Å². The van der Waals surface area contributed by atoms with Crippen LogP contribution in [0.4, 0.5) is 4.79 Å². The molecule has 3 N–H and O–H groups in total. The van der Waals surface area contributed by atoms with Crippen molar-refractivity contribution in [3.63, 3.8) is 0 Å². The van der Waals surface area contributed by atoms with Gasteiger partial charge in [-0.3, -0.25) is 4.79 Å². The lowest BCUT2D eigenvalue weighted by Gasteiger charge is -2.24. The highest BCUT2D eigenvalue weighted by molar-refractivity contribution is 5.77. The van der Waals surface area contributed by atoms with Gasteiger partial charge in [-0.15, -0.1) is 0 Å². The molecule has 0 aromatic carbocycles. The summed E-state index contributed by atoms with van der Waals surface area (Å²) in [6, 6.07) is 2.63. The van der Waals surface area contributed by atoms with E-state index in [1.54, 1.807) is 18.4 Å². The van der Waals surface area contributed by atoms with Crippen LogP contribution in [0.1, 0.15) is 50.8 Å². The largest absolute Gasteiger partial charge is 0.481 e. The first-order valence-electron chi connectivity index (χ1n) is 7.41. The molecule has 2 rings (SSSR count). The number of carbonyl (C=O) groups excluding carboxylic acids is 1. The highest BCUT2D eigenvalue weighted by atomic mass is 16.4. The Kier molecular flexibility index (Phi) is 5.25. The average molecular weight is 294 g/mol. The maximum Gasteiger partial charge on any atom is 0.315 e. The Morgan fingerprint density at radius 1 is 1.33 bits per heavy atom. The van der Waals surface area contributed by atoms with Crippen LogP contribution in [0.25, 0.3) is 0 Å². The summed E-state index contributed by atoms with van der Waals surface area (Å²) in [5.74, 6) is -0.667. The minimum atomic E-state index is -0.832. The lowest BCUT2D eigenvalue weighted by molar-refractivity contribution is -0.142. The first-order chi connectivity index (χ1) is 10.1. The Labute approximate surface area is 123 Å². The van der Waals surface area contributed by atoms with E-state index in [1.165, 1.54) is 0 Å². The second-order valence-electron chi connectivity index (χ2n) is 5.54. The normalized spacial score (nSPS) is 23.9. The van der Waals surface area contributed by atoms with Gasteiger partial charge in [0.2, 0.25) is 0 Å². The number of urea groups is 1. The summed E-state index contributed by atoms with van der Waals surface area (Å²) in [5, 5.41) is 14.9. The number of amides is 2. The van der Waals surface area contributed by atoms with Gasteiger partial charge in [0.15, 0.2) is 0 Å². The summed E-state index contributed by atoms with van der Waals surface area (Å²) in [6.07, 6.45) is 5.75. The molecule has 1 aromatic heterocycles. The van der Waals surface area contributed by atoms with Gasteiger partial charge < -0.3 is 20.2 Å². The molecule has 0 saturated heterocycles.